The highest BCUT2D eigenvalue weighted by molar-refractivity contribution is 5.25. The van der Waals surface area contributed by atoms with Gasteiger partial charge in [0.1, 0.15) is 0 Å². The summed E-state index contributed by atoms with van der Waals surface area (Å²) < 4.78 is 37.9. The minimum Gasteiger partial charge on any atom is -0.330 e. The summed E-state index contributed by atoms with van der Waals surface area (Å²) in [5, 5.41) is 0. The van der Waals surface area contributed by atoms with Crippen LogP contribution in [0, 0.1) is 0 Å². The lowest BCUT2D eigenvalue weighted by Gasteiger charge is -2.26. The van der Waals surface area contributed by atoms with Crippen molar-refractivity contribution in [3.05, 3.63) is 35.4 Å². The molecule has 0 saturated heterocycles. The number of hydrogen-bond donors (Lipinski definition) is 1. The molecule has 1 aromatic carbocycles. The standard InChI is InChI=1S/C14H21F3N2/c1-11(2)19(8-4-7-18)10-12-5-3-6-13(9-12)14(15,16)17/h3,5-6,9,11H,4,7-8,10,18H2,1-2H3. The normalized spacial score (nSPS) is 12.4. The summed E-state index contributed by atoms with van der Waals surface area (Å²) in [4.78, 5) is 2.13. The molecule has 0 aliphatic rings. The van der Waals surface area contributed by atoms with Gasteiger partial charge in [-0.1, -0.05) is 18.2 Å². The molecule has 2 N–H and O–H groups in total. The monoisotopic (exact) mass is 274 g/mol. The molecule has 19 heavy (non-hydrogen) atoms. The van der Waals surface area contributed by atoms with Gasteiger partial charge in [-0.3, -0.25) is 4.90 Å². The van der Waals surface area contributed by atoms with Crippen LogP contribution < -0.4 is 5.73 Å². The molecule has 0 aliphatic heterocycles. The van der Waals surface area contributed by atoms with Crippen LogP contribution in [0.2, 0.25) is 0 Å². The van der Waals surface area contributed by atoms with Gasteiger partial charge >= 0.3 is 6.18 Å². The van der Waals surface area contributed by atoms with E-state index in [0.717, 1.165) is 19.0 Å². The van der Waals surface area contributed by atoms with Crippen molar-refractivity contribution in [1.29, 1.82) is 0 Å². The first-order chi connectivity index (χ1) is 8.84. The molecule has 0 radical (unpaired) electrons. The Labute approximate surface area is 112 Å². The summed E-state index contributed by atoms with van der Waals surface area (Å²) >= 11 is 0. The number of nitrogens with zero attached hydrogens (tertiary/aromatic N) is 1. The molecule has 0 saturated carbocycles. The molecule has 2 nitrogen and oxygen atoms in total. The van der Waals surface area contributed by atoms with E-state index in [1.165, 1.54) is 12.1 Å². The number of nitrogens with two attached hydrogens (primary N) is 1. The number of halogens is 3. The summed E-state index contributed by atoms with van der Waals surface area (Å²) in [5.74, 6) is 0. The average molecular weight is 274 g/mol. The Morgan fingerprint density at radius 2 is 1.95 bits per heavy atom. The molecule has 0 aliphatic carbocycles. The van der Waals surface area contributed by atoms with Crippen molar-refractivity contribution >= 4 is 0 Å². The third-order valence-electron chi connectivity index (χ3n) is 3.02. The van der Waals surface area contributed by atoms with E-state index in [9.17, 15) is 13.2 Å². The predicted molar refractivity (Wildman–Crippen MR) is 70.7 cm³/mol. The zero-order valence-electron chi connectivity index (χ0n) is 11.4. The maximum atomic E-state index is 12.6. The second-order valence-electron chi connectivity index (χ2n) is 4.90. The fourth-order valence-electron chi connectivity index (χ4n) is 1.89. The molecule has 0 spiro atoms. The highest BCUT2D eigenvalue weighted by Gasteiger charge is 2.30. The smallest absolute Gasteiger partial charge is 0.330 e. The zero-order chi connectivity index (χ0) is 14.5. The highest BCUT2D eigenvalue weighted by Crippen LogP contribution is 2.29. The molecule has 0 fully saturated rings. The zero-order valence-corrected chi connectivity index (χ0v) is 11.4. The quantitative estimate of drug-likeness (QED) is 0.862. The van der Waals surface area contributed by atoms with Crippen molar-refractivity contribution < 1.29 is 13.2 Å². The molecule has 1 aromatic rings. The van der Waals surface area contributed by atoms with Gasteiger partial charge in [0, 0.05) is 12.6 Å². The summed E-state index contributed by atoms with van der Waals surface area (Å²) in [6, 6.07) is 5.79. The van der Waals surface area contributed by atoms with Crippen LogP contribution in [0.5, 0.6) is 0 Å². The van der Waals surface area contributed by atoms with E-state index in [1.807, 2.05) is 13.8 Å². The van der Waals surface area contributed by atoms with Crippen molar-refractivity contribution in [3.63, 3.8) is 0 Å². The molecule has 5 heteroatoms. The second-order valence-corrected chi connectivity index (χ2v) is 4.90. The number of hydrogen-bond acceptors (Lipinski definition) is 2. The van der Waals surface area contributed by atoms with Crippen molar-refractivity contribution in [2.24, 2.45) is 5.73 Å². The highest BCUT2D eigenvalue weighted by atomic mass is 19.4. The van der Waals surface area contributed by atoms with Crippen molar-refractivity contribution in [2.75, 3.05) is 13.1 Å². The van der Waals surface area contributed by atoms with Gasteiger partial charge in [-0.2, -0.15) is 13.2 Å². The van der Waals surface area contributed by atoms with Crippen LogP contribution in [0.4, 0.5) is 13.2 Å². The fourth-order valence-corrected chi connectivity index (χ4v) is 1.89. The Balaban J connectivity index is 2.79. The van der Waals surface area contributed by atoms with Crippen molar-refractivity contribution in [3.8, 4) is 0 Å². The van der Waals surface area contributed by atoms with Gasteiger partial charge in [-0.15, -0.1) is 0 Å². The fraction of sp³-hybridized carbons (Fsp3) is 0.571. The van der Waals surface area contributed by atoms with E-state index < -0.39 is 11.7 Å². The van der Waals surface area contributed by atoms with Crippen LogP contribution in [0.1, 0.15) is 31.4 Å². The van der Waals surface area contributed by atoms with Gasteiger partial charge in [-0.05, 0) is 45.0 Å². The predicted octanol–water partition coefficient (Wildman–Crippen LogP) is 3.26. The lowest BCUT2D eigenvalue weighted by atomic mass is 10.1. The second kappa shape index (κ2) is 6.91. The van der Waals surface area contributed by atoms with E-state index in [-0.39, 0.29) is 6.04 Å². The third-order valence-corrected chi connectivity index (χ3v) is 3.02. The molecular formula is C14H21F3N2. The molecule has 0 amide bonds. The maximum absolute atomic E-state index is 12.6. The Morgan fingerprint density at radius 1 is 1.26 bits per heavy atom. The van der Waals surface area contributed by atoms with Gasteiger partial charge in [0.05, 0.1) is 5.56 Å². The summed E-state index contributed by atoms with van der Waals surface area (Å²) in [6.45, 7) is 5.96. The Morgan fingerprint density at radius 3 is 2.47 bits per heavy atom. The minimum atomic E-state index is -4.28. The lowest BCUT2D eigenvalue weighted by molar-refractivity contribution is -0.137. The van der Waals surface area contributed by atoms with E-state index >= 15 is 0 Å². The Hall–Kier alpha value is -1.07. The van der Waals surface area contributed by atoms with Crippen LogP contribution in [0.25, 0.3) is 0 Å². The lowest BCUT2D eigenvalue weighted by Crippen LogP contribution is -2.32. The van der Waals surface area contributed by atoms with Crippen LogP contribution in [0.3, 0.4) is 0 Å². The first-order valence-electron chi connectivity index (χ1n) is 6.45. The van der Waals surface area contributed by atoms with Crippen LogP contribution in [-0.4, -0.2) is 24.0 Å². The molecule has 0 heterocycles. The average Bonchev–Trinajstić information content (AvgIpc) is 2.33. The number of rotatable bonds is 6. The van der Waals surface area contributed by atoms with E-state index in [0.29, 0.717) is 18.7 Å². The van der Waals surface area contributed by atoms with E-state index in [2.05, 4.69) is 4.90 Å². The van der Waals surface area contributed by atoms with E-state index in [1.54, 1.807) is 6.07 Å². The topological polar surface area (TPSA) is 29.3 Å². The number of benzene rings is 1. The van der Waals surface area contributed by atoms with Gasteiger partial charge in [-0.25, -0.2) is 0 Å². The van der Waals surface area contributed by atoms with Gasteiger partial charge in [0.25, 0.3) is 0 Å². The first-order valence-corrected chi connectivity index (χ1v) is 6.45. The first kappa shape index (κ1) is 16.0. The summed E-state index contributed by atoms with van der Waals surface area (Å²) in [7, 11) is 0. The van der Waals surface area contributed by atoms with Crippen LogP contribution >= 0.6 is 0 Å². The molecule has 0 aromatic heterocycles. The molecular weight excluding hydrogens is 253 g/mol. The Bertz CT molecular complexity index is 389. The molecule has 0 bridgehead atoms. The maximum Gasteiger partial charge on any atom is 0.416 e. The van der Waals surface area contributed by atoms with E-state index in [4.69, 9.17) is 5.73 Å². The molecule has 108 valence electrons. The van der Waals surface area contributed by atoms with Crippen LogP contribution in [0.15, 0.2) is 24.3 Å². The largest absolute Gasteiger partial charge is 0.416 e. The van der Waals surface area contributed by atoms with Crippen molar-refractivity contribution in [2.45, 2.75) is 39.0 Å². The summed E-state index contributed by atoms with van der Waals surface area (Å²) in [6.07, 6.45) is -3.44. The van der Waals surface area contributed by atoms with Gasteiger partial charge in [0.2, 0.25) is 0 Å². The number of alkyl halides is 3. The molecule has 0 atom stereocenters. The van der Waals surface area contributed by atoms with Crippen LogP contribution in [-0.2, 0) is 12.7 Å². The summed E-state index contributed by atoms with van der Waals surface area (Å²) in [5.41, 5.74) is 5.57. The third kappa shape index (κ3) is 5.20. The Kier molecular flexibility index (Phi) is 5.82. The van der Waals surface area contributed by atoms with Gasteiger partial charge < -0.3 is 5.73 Å². The molecule has 0 unspecified atom stereocenters. The molecule has 1 rings (SSSR count). The SMILES string of the molecule is CC(C)N(CCCN)Cc1cccc(C(F)(F)F)c1. The van der Waals surface area contributed by atoms with Crippen molar-refractivity contribution in [1.82, 2.24) is 4.90 Å². The minimum absolute atomic E-state index is 0.279. The van der Waals surface area contributed by atoms with Gasteiger partial charge in [0.15, 0.2) is 0 Å².